The summed E-state index contributed by atoms with van der Waals surface area (Å²) in [6.45, 7) is 0.645. The molecule has 0 bridgehead atoms. The van der Waals surface area contributed by atoms with Gasteiger partial charge >= 0.3 is 0 Å². The highest BCUT2D eigenvalue weighted by Crippen LogP contribution is 2.40. The Labute approximate surface area is 155 Å². The first-order valence-electron chi connectivity index (χ1n) is 8.29. The third-order valence-electron chi connectivity index (χ3n) is 4.59. The fourth-order valence-corrected chi connectivity index (χ4v) is 3.99. The van der Waals surface area contributed by atoms with E-state index in [1.165, 1.54) is 4.88 Å². The van der Waals surface area contributed by atoms with Crippen molar-refractivity contribution in [1.82, 2.24) is 9.78 Å². The van der Waals surface area contributed by atoms with Crippen molar-refractivity contribution in [3.05, 3.63) is 57.9 Å². The van der Waals surface area contributed by atoms with E-state index in [1.807, 2.05) is 40.5 Å². The van der Waals surface area contributed by atoms with Gasteiger partial charge < -0.3 is 14.8 Å². The Morgan fingerprint density at radius 1 is 1.27 bits per heavy atom. The lowest BCUT2D eigenvalue weighted by Gasteiger charge is -2.24. The van der Waals surface area contributed by atoms with Gasteiger partial charge in [0, 0.05) is 22.8 Å². The molecule has 1 aliphatic rings. The number of nitrogens with zero attached hydrogens (tertiary/aromatic N) is 2. The van der Waals surface area contributed by atoms with Gasteiger partial charge in [0.25, 0.3) is 0 Å². The standard InChI is InChI=1S/C19H19N3O3S/c1-24-16-6-5-12(8-17(16)25-2)14-9-18(23)21-19-15(14)10-20-22(19)11-13-4-3-7-26-13/h3-8,10,14H,9,11H2,1-2H3,(H,21,23)/t14-/m0/s1. The number of carbonyl (C=O) groups excluding carboxylic acids is 1. The molecule has 0 saturated carbocycles. The highest BCUT2D eigenvalue weighted by Gasteiger charge is 2.30. The number of ether oxygens (including phenoxy) is 2. The molecular weight excluding hydrogens is 350 g/mol. The average Bonchev–Trinajstić information content (AvgIpc) is 3.31. The molecule has 0 aliphatic carbocycles. The smallest absolute Gasteiger partial charge is 0.226 e. The van der Waals surface area contributed by atoms with Crippen LogP contribution in [0.2, 0.25) is 0 Å². The lowest BCUT2D eigenvalue weighted by atomic mass is 9.87. The predicted octanol–water partition coefficient (Wildman–Crippen LogP) is 3.48. The number of carbonyl (C=O) groups is 1. The SMILES string of the molecule is COc1ccc([C@@H]2CC(=O)Nc3c2cnn3Cc2cccs2)cc1OC. The maximum atomic E-state index is 12.3. The number of hydrogen-bond acceptors (Lipinski definition) is 5. The van der Waals surface area contributed by atoms with Gasteiger partial charge in [-0.2, -0.15) is 5.10 Å². The zero-order chi connectivity index (χ0) is 18.1. The molecule has 1 amide bonds. The first kappa shape index (κ1) is 16.7. The molecule has 0 spiro atoms. The monoisotopic (exact) mass is 369 g/mol. The number of aromatic nitrogens is 2. The van der Waals surface area contributed by atoms with Crippen molar-refractivity contribution >= 4 is 23.1 Å². The van der Waals surface area contributed by atoms with Gasteiger partial charge in [0.1, 0.15) is 5.82 Å². The minimum Gasteiger partial charge on any atom is -0.493 e. The Morgan fingerprint density at radius 2 is 2.12 bits per heavy atom. The quantitative estimate of drug-likeness (QED) is 0.748. The van der Waals surface area contributed by atoms with Crippen molar-refractivity contribution in [3.8, 4) is 11.5 Å². The van der Waals surface area contributed by atoms with Crippen molar-refractivity contribution < 1.29 is 14.3 Å². The zero-order valence-corrected chi connectivity index (χ0v) is 15.4. The maximum Gasteiger partial charge on any atom is 0.226 e. The second kappa shape index (κ2) is 6.84. The molecule has 1 atom stereocenters. The van der Waals surface area contributed by atoms with Crippen molar-refractivity contribution in [2.75, 3.05) is 19.5 Å². The van der Waals surface area contributed by atoms with Crippen molar-refractivity contribution in [2.45, 2.75) is 18.9 Å². The number of anilines is 1. The number of benzene rings is 1. The van der Waals surface area contributed by atoms with Gasteiger partial charge in [0.2, 0.25) is 5.91 Å². The molecule has 3 heterocycles. The van der Waals surface area contributed by atoms with Crippen molar-refractivity contribution in [2.24, 2.45) is 0 Å². The fourth-order valence-electron chi connectivity index (χ4n) is 3.31. The Hall–Kier alpha value is -2.80. The number of hydrogen-bond donors (Lipinski definition) is 1. The van der Waals surface area contributed by atoms with E-state index in [-0.39, 0.29) is 11.8 Å². The molecule has 0 unspecified atom stereocenters. The van der Waals surface area contributed by atoms with Gasteiger partial charge in [-0.1, -0.05) is 12.1 Å². The molecule has 26 heavy (non-hydrogen) atoms. The average molecular weight is 369 g/mol. The summed E-state index contributed by atoms with van der Waals surface area (Å²) >= 11 is 1.67. The molecule has 3 aromatic rings. The molecule has 1 aliphatic heterocycles. The van der Waals surface area contributed by atoms with Gasteiger partial charge in [-0.05, 0) is 29.1 Å². The largest absolute Gasteiger partial charge is 0.493 e. The first-order chi connectivity index (χ1) is 12.7. The van der Waals surface area contributed by atoms with Crippen LogP contribution in [0.4, 0.5) is 5.82 Å². The number of nitrogens with one attached hydrogen (secondary N) is 1. The number of thiophene rings is 1. The highest BCUT2D eigenvalue weighted by atomic mass is 32.1. The van der Waals surface area contributed by atoms with Crippen LogP contribution in [0.25, 0.3) is 0 Å². The Bertz CT molecular complexity index is 934. The lowest BCUT2D eigenvalue weighted by molar-refractivity contribution is -0.116. The third kappa shape index (κ3) is 2.94. The number of amides is 1. The van der Waals surface area contributed by atoms with E-state index in [9.17, 15) is 4.79 Å². The van der Waals surface area contributed by atoms with Crippen LogP contribution in [0.3, 0.4) is 0 Å². The third-order valence-corrected chi connectivity index (χ3v) is 5.45. The summed E-state index contributed by atoms with van der Waals surface area (Å²) in [4.78, 5) is 13.5. The first-order valence-corrected chi connectivity index (χ1v) is 9.17. The number of rotatable bonds is 5. The molecular formula is C19H19N3O3S. The second-order valence-electron chi connectivity index (χ2n) is 6.10. The van der Waals surface area contributed by atoms with Crippen LogP contribution in [-0.4, -0.2) is 29.9 Å². The Balaban J connectivity index is 1.72. The summed E-state index contributed by atoms with van der Waals surface area (Å²) in [6.07, 6.45) is 2.23. The molecule has 0 radical (unpaired) electrons. The molecule has 1 aromatic carbocycles. The van der Waals surface area contributed by atoms with Crippen LogP contribution in [0.1, 0.15) is 28.3 Å². The van der Waals surface area contributed by atoms with E-state index in [1.54, 1.807) is 25.6 Å². The van der Waals surface area contributed by atoms with Gasteiger partial charge in [-0.15, -0.1) is 11.3 Å². The van der Waals surface area contributed by atoms with E-state index >= 15 is 0 Å². The van der Waals surface area contributed by atoms with Crippen LogP contribution >= 0.6 is 11.3 Å². The van der Waals surface area contributed by atoms with Crippen LogP contribution in [0.15, 0.2) is 41.9 Å². The number of fused-ring (bicyclic) bond motifs is 1. The van der Waals surface area contributed by atoms with Gasteiger partial charge in [0.15, 0.2) is 11.5 Å². The van der Waals surface area contributed by atoms with E-state index in [0.29, 0.717) is 24.5 Å². The van der Waals surface area contributed by atoms with Crippen LogP contribution in [0, 0.1) is 0 Å². The van der Waals surface area contributed by atoms with Gasteiger partial charge in [-0.3, -0.25) is 4.79 Å². The van der Waals surface area contributed by atoms with Crippen LogP contribution < -0.4 is 14.8 Å². The molecule has 0 saturated heterocycles. The summed E-state index contributed by atoms with van der Waals surface area (Å²) in [7, 11) is 3.22. The summed E-state index contributed by atoms with van der Waals surface area (Å²) in [5.74, 6) is 2.03. The Morgan fingerprint density at radius 3 is 2.85 bits per heavy atom. The van der Waals surface area contributed by atoms with Crippen molar-refractivity contribution in [1.29, 1.82) is 0 Å². The fraction of sp³-hybridized carbons (Fsp3) is 0.263. The molecule has 4 rings (SSSR count). The van der Waals surface area contributed by atoms with E-state index in [4.69, 9.17) is 9.47 Å². The zero-order valence-electron chi connectivity index (χ0n) is 14.6. The van der Waals surface area contributed by atoms with E-state index in [2.05, 4.69) is 16.5 Å². The highest BCUT2D eigenvalue weighted by molar-refractivity contribution is 7.09. The van der Waals surface area contributed by atoms with Gasteiger partial charge in [0.05, 0.1) is 27.0 Å². The van der Waals surface area contributed by atoms with E-state index in [0.717, 1.165) is 16.9 Å². The number of methoxy groups -OCH3 is 2. The maximum absolute atomic E-state index is 12.3. The Kier molecular flexibility index (Phi) is 4.38. The summed E-state index contributed by atoms with van der Waals surface area (Å²) in [5, 5.41) is 9.53. The van der Waals surface area contributed by atoms with Crippen molar-refractivity contribution in [3.63, 3.8) is 0 Å². The van der Waals surface area contributed by atoms with E-state index < -0.39 is 0 Å². The molecule has 6 nitrogen and oxygen atoms in total. The van der Waals surface area contributed by atoms with Gasteiger partial charge in [-0.25, -0.2) is 4.68 Å². The molecule has 7 heteroatoms. The molecule has 1 N–H and O–H groups in total. The minimum atomic E-state index is -0.0596. The molecule has 2 aromatic heterocycles. The normalized spacial score (nSPS) is 16.1. The van der Waals surface area contributed by atoms with Crippen LogP contribution in [0.5, 0.6) is 11.5 Å². The predicted molar refractivity (Wildman–Crippen MR) is 100 cm³/mol. The summed E-state index contributed by atoms with van der Waals surface area (Å²) in [6, 6.07) is 9.86. The summed E-state index contributed by atoms with van der Waals surface area (Å²) in [5.41, 5.74) is 2.03. The second-order valence-corrected chi connectivity index (χ2v) is 7.14. The minimum absolute atomic E-state index is 0.00906. The summed E-state index contributed by atoms with van der Waals surface area (Å²) < 4.78 is 12.6. The molecule has 134 valence electrons. The topological polar surface area (TPSA) is 65.4 Å². The lowest BCUT2D eigenvalue weighted by Crippen LogP contribution is -2.25. The molecule has 0 fully saturated rings. The van der Waals surface area contributed by atoms with Crippen LogP contribution in [-0.2, 0) is 11.3 Å².